The van der Waals surface area contributed by atoms with E-state index in [2.05, 4.69) is 15.2 Å². The van der Waals surface area contributed by atoms with Crippen LogP contribution in [0.2, 0.25) is 0 Å². The summed E-state index contributed by atoms with van der Waals surface area (Å²) >= 11 is 0. The molecule has 1 aromatic carbocycles. The molecule has 1 saturated carbocycles. The molecule has 35 heavy (non-hydrogen) atoms. The Morgan fingerprint density at radius 3 is 2.60 bits per heavy atom. The van der Waals surface area contributed by atoms with Crippen LogP contribution < -0.4 is 5.32 Å². The molecule has 1 aliphatic carbocycles. The zero-order valence-electron chi connectivity index (χ0n) is 20.1. The molecule has 1 saturated heterocycles. The third-order valence-electron chi connectivity index (χ3n) is 7.17. The van der Waals surface area contributed by atoms with E-state index in [-0.39, 0.29) is 11.4 Å². The first-order valence-electron chi connectivity index (χ1n) is 12.6. The lowest BCUT2D eigenvalue weighted by molar-refractivity contribution is -0.117. The Labute approximate surface area is 206 Å². The molecule has 0 atom stereocenters. The second kappa shape index (κ2) is 11.0. The van der Waals surface area contributed by atoms with E-state index in [1.165, 1.54) is 19.3 Å². The highest BCUT2D eigenvalue weighted by Crippen LogP contribution is 2.34. The SMILES string of the molecule is O=C(/C=C/c1cn(-c2ccccc2)nc1-c1cccnc1)NCC1(N2CCOCC2)CCCCC1. The van der Waals surface area contributed by atoms with Gasteiger partial charge in [0.05, 0.1) is 18.9 Å². The van der Waals surface area contributed by atoms with Crippen LogP contribution in [0.15, 0.2) is 67.1 Å². The zero-order valence-corrected chi connectivity index (χ0v) is 20.1. The molecule has 1 N–H and O–H groups in total. The van der Waals surface area contributed by atoms with Gasteiger partial charge in [-0.25, -0.2) is 4.68 Å². The number of nitrogens with zero attached hydrogens (tertiary/aromatic N) is 4. The Balaban J connectivity index is 1.33. The summed E-state index contributed by atoms with van der Waals surface area (Å²) in [5.41, 5.74) is 3.59. The first-order valence-corrected chi connectivity index (χ1v) is 12.6. The first-order chi connectivity index (χ1) is 17.2. The Hall–Kier alpha value is -3.29. The summed E-state index contributed by atoms with van der Waals surface area (Å²) in [6, 6.07) is 13.9. The van der Waals surface area contributed by atoms with E-state index in [0.717, 1.165) is 61.7 Å². The van der Waals surface area contributed by atoms with Crippen LogP contribution in [0.25, 0.3) is 23.0 Å². The predicted molar refractivity (Wildman–Crippen MR) is 137 cm³/mol. The van der Waals surface area contributed by atoms with Crippen molar-refractivity contribution in [1.29, 1.82) is 0 Å². The van der Waals surface area contributed by atoms with Crippen LogP contribution >= 0.6 is 0 Å². The van der Waals surface area contributed by atoms with Crippen LogP contribution in [0.5, 0.6) is 0 Å². The van der Waals surface area contributed by atoms with Gasteiger partial charge in [0.2, 0.25) is 5.91 Å². The number of rotatable bonds is 7. The number of para-hydroxylation sites is 1. The molecule has 182 valence electrons. The van der Waals surface area contributed by atoms with Crippen molar-refractivity contribution in [3.05, 3.63) is 72.7 Å². The van der Waals surface area contributed by atoms with Gasteiger partial charge in [0.15, 0.2) is 0 Å². The van der Waals surface area contributed by atoms with Crippen molar-refractivity contribution in [3.63, 3.8) is 0 Å². The van der Waals surface area contributed by atoms with Crippen molar-refractivity contribution in [2.24, 2.45) is 0 Å². The Bertz CT molecular complexity index is 1130. The van der Waals surface area contributed by atoms with E-state index in [1.54, 1.807) is 18.5 Å². The number of hydrogen-bond acceptors (Lipinski definition) is 5. The number of morpholine rings is 1. The molecule has 5 rings (SSSR count). The normalized spacial score (nSPS) is 18.5. The summed E-state index contributed by atoms with van der Waals surface area (Å²) in [6.07, 6.45) is 15.0. The Morgan fingerprint density at radius 2 is 1.86 bits per heavy atom. The molecule has 0 spiro atoms. The van der Waals surface area contributed by atoms with Gasteiger partial charge in [-0.2, -0.15) is 5.10 Å². The Morgan fingerprint density at radius 1 is 1.06 bits per heavy atom. The molecule has 7 nitrogen and oxygen atoms in total. The third-order valence-corrected chi connectivity index (χ3v) is 7.17. The number of carbonyl (C=O) groups excluding carboxylic acids is 1. The second-order valence-corrected chi connectivity index (χ2v) is 9.39. The molecule has 0 unspecified atom stereocenters. The van der Waals surface area contributed by atoms with Crippen LogP contribution in [0, 0.1) is 0 Å². The van der Waals surface area contributed by atoms with Gasteiger partial charge in [0, 0.05) is 61.0 Å². The number of aromatic nitrogens is 3. The first kappa shape index (κ1) is 23.5. The topological polar surface area (TPSA) is 72.3 Å². The summed E-state index contributed by atoms with van der Waals surface area (Å²) < 4.78 is 7.42. The minimum atomic E-state index is -0.0761. The second-order valence-electron chi connectivity index (χ2n) is 9.39. The van der Waals surface area contributed by atoms with Crippen LogP contribution in [-0.2, 0) is 9.53 Å². The molecule has 0 radical (unpaired) electrons. The number of amides is 1. The van der Waals surface area contributed by atoms with E-state index < -0.39 is 0 Å². The van der Waals surface area contributed by atoms with Crippen molar-refractivity contribution < 1.29 is 9.53 Å². The lowest BCUT2D eigenvalue weighted by Gasteiger charge is -2.48. The van der Waals surface area contributed by atoms with E-state index in [4.69, 9.17) is 9.84 Å². The quantitative estimate of drug-likeness (QED) is 0.526. The summed E-state index contributed by atoms with van der Waals surface area (Å²) in [6.45, 7) is 4.11. The molecule has 1 amide bonds. The summed E-state index contributed by atoms with van der Waals surface area (Å²) in [4.78, 5) is 19.7. The predicted octanol–water partition coefficient (Wildman–Crippen LogP) is 4.10. The number of carbonyl (C=O) groups is 1. The fourth-order valence-electron chi connectivity index (χ4n) is 5.28. The maximum atomic E-state index is 12.9. The maximum Gasteiger partial charge on any atom is 0.244 e. The molecule has 1 aliphatic heterocycles. The smallest absolute Gasteiger partial charge is 0.244 e. The maximum absolute atomic E-state index is 12.9. The fraction of sp³-hybridized carbons (Fsp3) is 0.393. The zero-order chi connectivity index (χ0) is 23.9. The number of benzene rings is 1. The van der Waals surface area contributed by atoms with Gasteiger partial charge in [0.25, 0.3) is 0 Å². The minimum absolute atomic E-state index is 0.0462. The number of pyridine rings is 1. The Kier molecular flexibility index (Phi) is 7.35. The van der Waals surface area contributed by atoms with Crippen LogP contribution in [-0.4, -0.2) is 64.0 Å². The highest BCUT2D eigenvalue weighted by molar-refractivity contribution is 5.92. The molecule has 2 aliphatic rings. The van der Waals surface area contributed by atoms with E-state index in [1.807, 2.05) is 59.4 Å². The van der Waals surface area contributed by atoms with Gasteiger partial charge in [0.1, 0.15) is 5.69 Å². The summed E-state index contributed by atoms with van der Waals surface area (Å²) in [7, 11) is 0. The van der Waals surface area contributed by atoms with Crippen molar-refractivity contribution in [2.45, 2.75) is 37.6 Å². The third kappa shape index (κ3) is 5.52. The molecular formula is C28H33N5O2. The van der Waals surface area contributed by atoms with Gasteiger partial charge in [-0.15, -0.1) is 0 Å². The summed E-state index contributed by atoms with van der Waals surface area (Å²) in [5.74, 6) is -0.0761. The lowest BCUT2D eigenvalue weighted by Crippen LogP contribution is -2.59. The monoisotopic (exact) mass is 471 g/mol. The van der Waals surface area contributed by atoms with Gasteiger partial charge in [-0.1, -0.05) is 37.5 Å². The van der Waals surface area contributed by atoms with Crippen LogP contribution in [0.4, 0.5) is 0 Å². The van der Waals surface area contributed by atoms with E-state index in [0.29, 0.717) is 6.54 Å². The van der Waals surface area contributed by atoms with Crippen molar-refractivity contribution in [2.75, 3.05) is 32.8 Å². The summed E-state index contributed by atoms with van der Waals surface area (Å²) in [5, 5.41) is 8.01. The number of hydrogen-bond donors (Lipinski definition) is 1. The van der Waals surface area contributed by atoms with E-state index >= 15 is 0 Å². The van der Waals surface area contributed by atoms with Gasteiger partial charge in [-0.05, 0) is 43.2 Å². The van der Waals surface area contributed by atoms with Crippen LogP contribution in [0.1, 0.15) is 37.7 Å². The van der Waals surface area contributed by atoms with Crippen molar-refractivity contribution in [3.8, 4) is 16.9 Å². The molecule has 2 fully saturated rings. The minimum Gasteiger partial charge on any atom is -0.379 e. The van der Waals surface area contributed by atoms with Gasteiger partial charge in [-0.3, -0.25) is 14.7 Å². The molecular weight excluding hydrogens is 438 g/mol. The highest BCUT2D eigenvalue weighted by atomic mass is 16.5. The molecule has 3 aromatic rings. The van der Waals surface area contributed by atoms with E-state index in [9.17, 15) is 4.79 Å². The molecule has 7 heteroatoms. The van der Waals surface area contributed by atoms with Gasteiger partial charge >= 0.3 is 0 Å². The fourth-order valence-corrected chi connectivity index (χ4v) is 5.28. The van der Waals surface area contributed by atoms with Crippen molar-refractivity contribution >= 4 is 12.0 Å². The molecule has 3 heterocycles. The number of nitrogens with one attached hydrogen (secondary N) is 1. The van der Waals surface area contributed by atoms with Crippen molar-refractivity contribution in [1.82, 2.24) is 25.0 Å². The molecule has 2 aromatic heterocycles. The average Bonchev–Trinajstić information content (AvgIpc) is 3.37. The highest BCUT2D eigenvalue weighted by Gasteiger charge is 2.38. The largest absolute Gasteiger partial charge is 0.379 e. The van der Waals surface area contributed by atoms with Crippen LogP contribution in [0.3, 0.4) is 0 Å². The average molecular weight is 472 g/mol. The standard InChI is InChI=1S/C28H33N5O2/c34-26(30-22-28(13-5-2-6-14-28)32-16-18-35-19-17-32)12-11-24-21-33(25-9-3-1-4-10-25)31-27(24)23-8-7-15-29-20-23/h1,3-4,7-12,15,20-21H,2,5-6,13-14,16-19,22H2,(H,30,34)/b12-11+. The number of ether oxygens (including phenoxy) is 1. The molecule has 0 bridgehead atoms. The lowest BCUT2D eigenvalue weighted by atomic mass is 9.79. The van der Waals surface area contributed by atoms with Gasteiger partial charge < -0.3 is 10.1 Å².